The average Bonchev–Trinajstić information content (AvgIpc) is 3.32. The highest BCUT2D eigenvalue weighted by molar-refractivity contribution is 5.94. The summed E-state index contributed by atoms with van der Waals surface area (Å²) in [5, 5.41) is 5.06. The summed E-state index contributed by atoms with van der Waals surface area (Å²) in [6.07, 6.45) is 0.402. The fraction of sp³-hybridized carbons (Fsp3) is 0.190. The summed E-state index contributed by atoms with van der Waals surface area (Å²) in [6.45, 7) is 2.38. The molecule has 0 bridgehead atoms. The molecule has 1 amide bonds. The molecular weight excluding hydrogens is 359 g/mol. The Morgan fingerprint density at radius 1 is 1.21 bits per heavy atom. The van der Waals surface area contributed by atoms with E-state index < -0.39 is 5.82 Å². The second-order valence-electron chi connectivity index (χ2n) is 6.75. The molecule has 28 heavy (non-hydrogen) atoms. The summed E-state index contributed by atoms with van der Waals surface area (Å²) in [7, 11) is 1.62. The Labute approximate surface area is 161 Å². The first-order valence-corrected chi connectivity index (χ1v) is 8.93. The molecule has 0 aliphatic carbocycles. The molecule has 2 heterocycles. The predicted molar refractivity (Wildman–Crippen MR) is 103 cm³/mol. The lowest BCUT2D eigenvalue weighted by Gasteiger charge is -2.16. The van der Waals surface area contributed by atoms with E-state index in [0.29, 0.717) is 24.7 Å². The van der Waals surface area contributed by atoms with Crippen molar-refractivity contribution >= 4 is 16.8 Å². The number of carbonyl (C=O) groups is 1. The maximum Gasteiger partial charge on any atom is 0.274 e. The minimum atomic E-state index is -0.532. The van der Waals surface area contributed by atoms with E-state index >= 15 is 0 Å². The molecule has 0 radical (unpaired) electrons. The van der Waals surface area contributed by atoms with E-state index in [1.165, 1.54) is 22.6 Å². The molecule has 2 aromatic heterocycles. The van der Waals surface area contributed by atoms with Crippen molar-refractivity contribution in [3.05, 3.63) is 71.3 Å². The molecule has 4 aromatic rings. The maximum absolute atomic E-state index is 13.8. The zero-order chi connectivity index (χ0) is 19.7. The van der Waals surface area contributed by atoms with Crippen LogP contribution in [0.4, 0.5) is 4.39 Å². The van der Waals surface area contributed by atoms with Gasteiger partial charge in [0.2, 0.25) is 0 Å². The standard InChI is InChI=1S/C21H19FN4O2/c1-13-7-8-17-14(11-13)12-18(23-17)20-24-19(25-28-20)9-10-26(2)21(27)15-5-3-4-6-16(15)22/h3-8,11-12,23H,9-10H2,1-2H3. The van der Waals surface area contributed by atoms with Gasteiger partial charge in [-0.2, -0.15) is 4.98 Å². The molecule has 142 valence electrons. The van der Waals surface area contributed by atoms with Gasteiger partial charge in [-0.3, -0.25) is 4.79 Å². The van der Waals surface area contributed by atoms with Crippen molar-refractivity contribution in [1.82, 2.24) is 20.0 Å². The van der Waals surface area contributed by atoms with Crippen LogP contribution in [0.15, 0.2) is 53.1 Å². The molecule has 0 unspecified atom stereocenters. The number of halogens is 1. The topological polar surface area (TPSA) is 75.0 Å². The van der Waals surface area contributed by atoms with E-state index in [0.717, 1.165) is 16.6 Å². The Morgan fingerprint density at radius 2 is 2.04 bits per heavy atom. The molecule has 7 heteroatoms. The van der Waals surface area contributed by atoms with Gasteiger partial charge < -0.3 is 14.4 Å². The van der Waals surface area contributed by atoms with E-state index in [1.54, 1.807) is 19.2 Å². The first kappa shape index (κ1) is 17.9. The van der Waals surface area contributed by atoms with Crippen LogP contribution in [0.1, 0.15) is 21.7 Å². The first-order chi connectivity index (χ1) is 13.5. The van der Waals surface area contributed by atoms with E-state index in [-0.39, 0.29) is 11.5 Å². The Hall–Kier alpha value is -3.48. The lowest BCUT2D eigenvalue weighted by Crippen LogP contribution is -2.29. The van der Waals surface area contributed by atoms with Crippen LogP contribution in [0, 0.1) is 12.7 Å². The number of hydrogen-bond donors (Lipinski definition) is 1. The van der Waals surface area contributed by atoms with Gasteiger partial charge >= 0.3 is 0 Å². The van der Waals surface area contributed by atoms with Gasteiger partial charge in [0, 0.05) is 30.9 Å². The number of aromatic nitrogens is 3. The van der Waals surface area contributed by atoms with Crippen molar-refractivity contribution in [2.24, 2.45) is 0 Å². The molecule has 0 aliphatic rings. The molecule has 1 N–H and O–H groups in total. The van der Waals surface area contributed by atoms with Crippen LogP contribution in [0.5, 0.6) is 0 Å². The van der Waals surface area contributed by atoms with Crippen LogP contribution in [-0.2, 0) is 6.42 Å². The largest absolute Gasteiger partial charge is 0.351 e. The second-order valence-corrected chi connectivity index (χ2v) is 6.75. The van der Waals surface area contributed by atoms with Gasteiger partial charge in [-0.15, -0.1) is 0 Å². The number of aryl methyl sites for hydroxylation is 1. The molecule has 4 rings (SSSR count). The van der Waals surface area contributed by atoms with E-state index in [4.69, 9.17) is 4.52 Å². The number of H-pyrrole nitrogens is 1. The zero-order valence-electron chi connectivity index (χ0n) is 15.6. The smallest absolute Gasteiger partial charge is 0.274 e. The first-order valence-electron chi connectivity index (χ1n) is 8.93. The third-order valence-corrected chi connectivity index (χ3v) is 4.60. The summed E-state index contributed by atoms with van der Waals surface area (Å²) < 4.78 is 19.1. The minimum Gasteiger partial charge on any atom is -0.351 e. The lowest BCUT2D eigenvalue weighted by molar-refractivity contribution is 0.0791. The lowest BCUT2D eigenvalue weighted by atomic mass is 10.2. The number of nitrogens with zero attached hydrogens (tertiary/aromatic N) is 3. The highest BCUT2D eigenvalue weighted by Crippen LogP contribution is 2.23. The number of likely N-dealkylation sites (N-methyl/N-ethyl adjacent to an activating group) is 1. The number of hydrogen-bond acceptors (Lipinski definition) is 4. The van der Waals surface area contributed by atoms with Crippen molar-refractivity contribution in [2.75, 3.05) is 13.6 Å². The zero-order valence-corrected chi connectivity index (χ0v) is 15.6. The third-order valence-electron chi connectivity index (χ3n) is 4.60. The summed E-state index contributed by atoms with van der Waals surface area (Å²) >= 11 is 0. The highest BCUT2D eigenvalue weighted by atomic mass is 19.1. The van der Waals surface area contributed by atoms with Crippen molar-refractivity contribution in [3.8, 4) is 11.6 Å². The SMILES string of the molecule is Cc1ccc2[nH]c(-c3nc(CCN(C)C(=O)c4ccccc4F)no3)cc2c1. The summed E-state index contributed by atoms with van der Waals surface area (Å²) in [4.78, 5) is 21.5. The van der Waals surface area contributed by atoms with Gasteiger partial charge in [0.05, 0.1) is 5.56 Å². The molecular formula is C21H19FN4O2. The molecule has 2 aromatic carbocycles. The fourth-order valence-electron chi connectivity index (χ4n) is 3.04. The maximum atomic E-state index is 13.8. The molecule has 0 saturated heterocycles. The van der Waals surface area contributed by atoms with Gasteiger partial charge in [-0.05, 0) is 37.3 Å². The average molecular weight is 378 g/mol. The molecule has 0 saturated carbocycles. The minimum absolute atomic E-state index is 0.0483. The molecule has 0 aliphatic heterocycles. The summed E-state index contributed by atoms with van der Waals surface area (Å²) in [5.74, 6) is -0.0343. The molecule has 0 spiro atoms. The predicted octanol–water partition coefficient (Wildman–Crippen LogP) is 3.98. The highest BCUT2D eigenvalue weighted by Gasteiger charge is 2.17. The van der Waals surface area contributed by atoms with Crippen LogP contribution in [0.25, 0.3) is 22.5 Å². The number of aromatic amines is 1. The Kier molecular flexibility index (Phi) is 4.65. The molecule has 0 atom stereocenters. The molecule has 0 fully saturated rings. The molecule has 6 nitrogen and oxygen atoms in total. The summed E-state index contributed by atoms with van der Waals surface area (Å²) in [5.41, 5.74) is 2.96. The monoisotopic (exact) mass is 378 g/mol. The van der Waals surface area contributed by atoms with Crippen LogP contribution in [0.2, 0.25) is 0 Å². The normalized spacial score (nSPS) is 11.1. The quantitative estimate of drug-likeness (QED) is 0.570. The fourth-order valence-corrected chi connectivity index (χ4v) is 3.04. The Balaban J connectivity index is 1.44. The van der Waals surface area contributed by atoms with E-state index in [1.807, 2.05) is 25.1 Å². The van der Waals surface area contributed by atoms with Crippen molar-refractivity contribution in [1.29, 1.82) is 0 Å². The van der Waals surface area contributed by atoms with Crippen molar-refractivity contribution < 1.29 is 13.7 Å². The summed E-state index contributed by atoms with van der Waals surface area (Å²) in [6, 6.07) is 14.0. The number of nitrogens with one attached hydrogen (secondary N) is 1. The van der Waals surface area contributed by atoms with Crippen molar-refractivity contribution in [3.63, 3.8) is 0 Å². The van der Waals surface area contributed by atoms with Gasteiger partial charge in [-0.1, -0.05) is 28.9 Å². The van der Waals surface area contributed by atoms with Gasteiger partial charge in [0.15, 0.2) is 5.82 Å². The van der Waals surface area contributed by atoms with E-state index in [2.05, 4.69) is 21.2 Å². The second kappa shape index (κ2) is 7.26. The number of benzene rings is 2. The number of fused-ring (bicyclic) bond motifs is 1. The van der Waals surface area contributed by atoms with Crippen LogP contribution in [0.3, 0.4) is 0 Å². The van der Waals surface area contributed by atoms with Crippen molar-refractivity contribution in [2.45, 2.75) is 13.3 Å². The number of carbonyl (C=O) groups excluding carboxylic acids is 1. The van der Waals surface area contributed by atoms with Crippen LogP contribution in [-0.4, -0.2) is 39.5 Å². The van der Waals surface area contributed by atoms with Gasteiger partial charge in [-0.25, -0.2) is 4.39 Å². The third kappa shape index (κ3) is 3.51. The van der Waals surface area contributed by atoms with Gasteiger partial charge in [0.1, 0.15) is 11.5 Å². The Morgan fingerprint density at radius 3 is 2.86 bits per heavy atom. The Bertz CT molecular complexity index is 1150. The number of rotatable bonds is 5. The number of amides is 1. The van der Waals surface area contributed by atoms with Crippen LogP contribution < -0.4 is 0 Å². The van der Waals surface area contributed by atoms with E-state index in [9.17, 15) is 9.18 Å². The van der Waals surface area contributed by atoms with Gasteiger partial charge in [0.25, 0.3) is 11.8 Å². The van der Waals surface area contributed by atoms with Crippen LogP contribution >= 0.6 is 0 Å².